The van der Waals surface area contributed by atoms with E-state index < -0.39 is 11.9 Å². The number of rotatable bonds is 2. The minimum absolute atomic E-state index is 0.341. The molecule has 0 fully saturated rings. The van der Waals surface area contributed by atoms with Gasteiger partial charge in [-0.05, 0) is 42.8 Å². The lowest BCUT2D eigenvalue weighted by molar-refractivity contribution is -0.138. The lowest BCUT2D eigenvalue weighted by Gasteiger charge is -2.05. The molecular weight excluding hydrogens is 247 g/mol. The van der Waals surface area contributed by atoms with Gasteiger partial charge in [0.25, 0.3) is 0 Å². The number of halogens is 1. The molecule has 0 aliphatic heterocycles. The summed E-state index contributed by atoms with van der Waals surface area (Å²) in [5.41, 5.74) is 1.89. The van der Waals surface area contributed by atoms with Crippen LogP contribution in [0, 0.1) is 5.82 Å². The molecule has 0 bridgehead atoms. The van der Waals surface area contributed by atoms with E-state index in [1.54, 1.807) is 31.2 Å². The number of furan rings is 1. The molecule has 2 aromatic carbocycles. The van der Waals surface area contributed by atoms with Crippen molar-refractivity contribution in [2.75, 3.05) is 0 Å². The van der Waals surface area contributed by atoms with Crippen LogP contribution in [0.4, 0.5) is 4.39 Å². The molecule has 3 rings (SSSR count). The van der Waals surface area contributed by atoms with Gasteiger partial charge < -0.3 is 9.52 Å². The molecule has 0 saturated carbocycles. The monoisotopic (exact) mass is 258 g/mol. The van der Waals surface area contributed by atoms with E-state index in [4.69, 9.17) is 9.52 Å². The van der Waals surface area contributed by atoms with E-state index in [1.807, 2.05) is 0 Å². The molecule has 0 aliphatic rings. The van der Waals surface area contributed by atoms with Crippen molar-refractivity contribution in [1.82, 2.24) is 0 Å². The van der Waals surface area contributed by atoms with Gasteiger partial charge in [0.05, 0.1) is 5.92 Å². The lowest BCUT2D eigenvalue weighted by atomic mass is 9.99. The van der Waals surface area contributed by atoms with Gasteiger partial charge in [0.15, 0.2) is 0 Å². The van der Waals surface area contributed by atoms with E-state index in [0.29, 0.717) is 22.1 Å². The van der Waals surface area contributed by atoms with Crippen molar-refractivity contribution in [3.63, 3.8) is 0 Å². The van der Waals surface area contributed by atoms with Crippen LogP contribution in [0.25, 0.3) is 21.9 Å². The third-order valence-electron chi connectivity index (χ3n) is 3.33. The molecule has 0 amide bonds. The van der Waals surface area contributed by atoms with Crippen LogP contribution < -0.4 is 0 Å². The fraction of sp³-hybridized carbons (Fsp3) is 0.133. The quantitative estimate of drug-likeness (QED) is 0.758. The fourth-order valence-electron chi connectivity index (χ4n) is 2.18. The predicted molar refractivity (Wildman–Crippen MR) is 69.7 cm³/mol. The molecule has 4 heteroatoms. The van der Waals surface area contributed by atoms with Crippen molar-refractivity contribution in [2.45, 2.75) is 12.8 Å². The highest BCUT2D eigenvalue weighted by atomic mass is 19.1. The molecule has 1 unspecified atom stereocenters. The number of carboxylic acids is 1. The van der Waals surface area contributed by atoms with Crippen LogP contribution in [0.15, 0.2) is 40.8 Å². The molecule has 0 spiro atoms. The Balaban J connectivity index is 2.28. The summed E-state index contributed by atoms with van der Waals surface area (Å²) in [6, 6.07) is 9.51. The first-order valence-electron chi connectivity index (χ1n) is 5.91. The zero-order valence-electron chi connectivity index (χ0n) is 10.2. The van der Waals surface area contributed by atoms with Crippen LogP contribution in [0.3, 0.4) is 0 Å². The molecule has 3 nitrogen and oxygen atoms in total. The highest BCUT2D eigenvalue weighted by molar-refractivity contribution is 6.05. The molecular formula is C15H11FO3. The second-order valence-electron chi connectivity index (χ2n) is 4.56. The minimum Gasteiger partial charge on any atom is -0.481 e. The number of carboxylic acid groups (broad SMARTS) is 1. The van der Waals surface area contributed by atoms with Crippen LogP contribution in [0.5, 0.6) is 0 Å². The van der Waals surface area contributed by atoms with Crippen LogP contribution in [-0.2, 0) is 4.79 Å². The van der Waals surface area contributed by atoms with Crippen LogP contribution >= 0.6 is 0 Å². The third-order valence-corrected chi connectivity index (χ3v) is 3.33. The van der Waals surface area contributed by atoms with Gasteiger partial charge in [-0.2, -0.15) is 0 Å². The maximum Gasteiger partial charge on any atom is 0.310 e. The number of fused-ring (bicyclic) bond motifs is 3. The summed E-state index contributed by atoms with van der Waals surface area (Å²) < 4.78 is 18.9. The van der Waals surface area contributed by atoms with Gasteiger partial charge in [0, 0.05) is 10.8 Å². The molecule has 1 heterocycles. The molecule has 0 aliphatic carbocycles. The van der Waals surface area contributed by atoms with Gasteiger partial charge >= 0.3 is 5.97 Å². The summed E-state index contributed by atoms with van der Waals surface area (Å²) >= 11 is 0. The Bertz CT molecular complexity index is 789. The molecule has 1 aromatic heterocycles. The average molecular weight is 258 g/mol. The second-order valence-corrected chi connectivity index (χ2v) is 4.56. The Labute approximate surface area is 108 Å². The average Bonchev–Trinajstić information content (AvgIpc) is 2.75. The lowest BCUT2D eigenvalue weighted by Crippen LogP contribution is -2.06. The van der Waals surface area contributed by atoms with Crippen LogP contribution in [0.2, 0.25) is 0 Å². The summed E-state index contributed by atoms with van der Waals surface area (Å²) in [7, 11) is 0. The summed E-state index contributed by atoms with van der Waals surface area (Å²) in [6.45, 7) is 1.62. The topological polar surface area (TPSA) is 50.4 Å². The number of aliphatic carboxylic acids is 1. The van der Waals surface area contributed by atoms with E-state index in [-0.39, 0.29) is 5.82 Å². The SMILES string of the molecule is CC(C(=O)O)c1ccc2oc3ccc(F)cc3c2c1. The molecule has 96 valence electrons. The molecule has 0 radical (unpaired) electrons. The van der Waals surface area contributed by atoms with Gasteiger partial charge in [-0.15, -0.1) is 0 Å². The molecule has 1 N–H and O–H groups in total. The minimum atomic E-state index is -0.890. The van der Waals surface area contributed by atoms with Crippen molar-refractivity contribution in [3.05, 3.63) is 47.8 Å². The first-order chi connectivity index (χ1) is 9.06. The van der Waals surface area contributed by atoms with E-state index in [2.05, 4.69) is 0 Å². The number of hydrogen-bond donors (Lipinski definition) is 1. The van der Waals surface area contributed by atoms with Gasteiger partial charge in [0.2, 0.25) is 0 Å². The third kappa shape index (κ3) is 1.85. The summed E-state index contributed by atoms with van der Waals surface area (Å²) in [5, 5.41) is 10.4. The zero-order valence-corrected chi connectivity index (χ0v) is 10.2. The van der Waals surface area contributed by atoms with Crippen molar-refractivity contribution in [3.8, 4) is 0 Å². The van der Waals surface area contributed by atoms with Crippen molar-refractivity contribution < 1.29 is 18.7 Å². The highest BCUT2D eigenvalue weighted by Crippen LogP contribution is 2.31. The normalized spacial score (nSPS) is 12.9. The Morgan fingerprint density at radius 1 is 1.16 bits per heavy atom. The molecule has 3 aromatic rings. The van der Waals surface area contributed by atoms with E-state index >= 15 is 0 Å². The van der Waals surface area contributed by atoms with Gasteiger partial charge in [-0.1, -0.05) is 6.07 Å². The Morgan fingerprint density at radius 3 is 2.47 bits per heavy atom. The van der Waals surface area contributed by atoms with E-state index in [9.17, 15) is 9.18 Å². The first-order valence-corrected chi connectivity index (χ1v) is 5.91. The Hall–Kier alpha value is -2.36. The van der Waals surface area contributed by atoms with Gasteiger partial charge in [0.1, 0.15) is 17.0 Å². The molecule has 1 atom stereocenters. The maximum absolute atomic E-state index is 13.3. The zero-order chi connectivity index (χ0) is 13.6. The number of carbonyl (C=O) groups is 1. The van der Waals surface area contributed by atoms with Crippen molar-refractivity contribution in [2.24, 2.45) is 0 Å². The largest absolute Gasteiger partial charge is 0.481 e. The smallest absolute Gasteiger partial charge is 0.310 e. The second kappa shape index (κ2) is 4.09. The Morgan fingerprint density at radius 2 is 1.79 bits per heavy atom. The van der Waals surface area contributed by atoms with E-state index in [0.717, 1.165) is 5.39 Å². The standard InChI is InChI=1S/C15H11FO3/c1-8(15(17)18)9-2-4-13-11(6-9)12-7-10(16)3-5-14(12)19-13/h2-8H,1H3,(H,17,18). The maximum atomic E-state index is 13.3. The number of benzene rings is 2. The summed E-state index contributed by atoms with van der Waals surface area (Å²) in [6.07, 6.45) is 0. The van der Waals surface area contributed by atoms with E-state index in [1.165, 1.54) is 12.1 Å². The molecule has 19 heavy (non-hydrogen) atoms. The highest BCUT2D eigenvalue weighted by Gasteiger charge is 2.16. The predicted octanol–water partition coefficient (Wildman–Crippen LogP) is 3.91. The summed E-state index contributed by atoms with van der Waals surface area (Å²) in [4.78, 5) is 11.0. The van der Waals surface area contributed by atoms with Crippen LogP contribution in [0.1, 0.15) is 18.4 Å². The fourth-order valence-corrected chi connectivity index (χ4v) is 2.18. The Kier molecular flexibility index (Phi) is 2.52. The summed E-state index contributed by atoms with van der Waals surface area (Å²) in [5.74, 6) is -1.84. The van der Waals surface area contributed by atoms with Gasteiger partial charge in [-0.25, -0.2) is 4.39 Å². The first kappa shape index (κ1) is 11.7. The van der Waals surface area contributed by atoms with Crippen LogP contribution in [-0.4, -0.2) is 11.1 Å². The van der Waals surface area contributed by atoms with Crippen molar-refractivity contribution >= 4 is 27.9 Å². The van der Waals surface area contributed by atoms with Gasteiger partial charge in [-0.3, -0.25) is 4.79 Å². The van der Waals surface area contributed by atoms with Crippen molar-refractivity contribution in [1.29, 1.82) is 0 Å². The molecule has 0 saturated heterocycles. The number of hydrogen-bond acceptors (Lipinski definition) is 2.